The SMILES string of the molecule is [Na+].[Na+].[O-][P+]([O-])([O-])Cc1ccccc1P(c1ccccc1)c1ccccc1. The van der Waals surface area contributed by atoms with E-state index in [-0.39, 0.29) is 59.1 Å². The Morgan fingerprint density at radius 2 is 1.04 bits per heavy atom. The van der Waals surface area contributed by atoms with Gasteiger partial charge in [-0.1, -0.05) is 84.9 Å². The standard InChI is InChI=1S/C19H18O3P2.2Na/c20-24(21,22)15-16-9-7-8-14-19(16)23(17-10-3-1-4-11-17)18-12-5-2-6-13-18;;/h1-14H,15H2,(H2,20,21,22);;/q;2*+1/p-2. The summed E-state index contributed by atoms with van der Waals surface area (Å²) in [5, 5.41) is 3.16. The molecule has 0 N–H and O–H groups in total. The first-order valence-electron chi connectivity index (χ1n) is 7.54. The average Bonchev–Trinajstić information content (AvgIpc) is 2.57. The second-order valence-electron chi connectivity index (χ2n) is 5.40. The first-order chi connectivity index (χ1) is 11.5. The van der Waals surface area contributed by atoms with Crippen molar-refractivity contribution in [2.45, 2.75) is 6.16 Å². The molecule has 122 valence electrons. The Morgan fingerprint density at radius 3 is 1.50 bits per heavy atom. The quantitative estimate of drug-likeness (QED) is 0.318. The van der Waals surface area contributed by atoms with E-state index in [9.17, 15) is 14.7 Å². The van der Waals surface area contributed by atoms with Crippen LogP contribution < -0.4 is 89.7 Å². The van der Waals surface area contributed by atoms with Gasteiger partial charge in [0.15, 0.2) is 0 Å². The molecule has 0 spiro atoms. The van der Waals surface area contributed by atoms with Crippen molar-refractivity contribution in [2.75, 3.05) is 0 Å². The molecule has 0 aliphatic rings. The zero-order valence-corrected chi connectivity index (χ0v) is 20.7. The molecule has 3 rings (SSSR count). The first kappa shape index (κ1) is 24.4. The normalized spacial score (nSPS) is 10.8. The molecule has 3 nitrogen and oxygen atoms in total. The third-order valence-corrected chi connectivity index (χ3v) is 6.90. The van der Waals surface area contributed by atoms with Crippen LogP contribution in [0.3, 0.4) is 0 Å². The summed E-state index contributed by atoms with van der Waals surface area (Å²) in [7, 11) is -5.55. The Balaban J connectivity index is 0.00000169. The maximum Gasteiger partial charge on any atom is 1.00 e. The van der Waals surface area contributed by atoms with Crippen LogP contribution in [0.5, 0.6) is 0 Å². The van der Waals surface area contributed by atoms with E-state index >= 15 is 0 Å². The van der Waals surface area contributed by atoms with Crippen molar-refractivity contribution in [3.05, 3.63) is 90.5 Å². The van der Waals surface area contributed by atoms with Gasteiger partial charge >= 0.3 is 59.1 Å². The van der Waals surface area contributed by atoms with Crippen LogP contribution >= 0.6 is 15.9 Å². The summed E-state index contributed by atoms with van der Waals surface area (Å²) in [6, 6.07) is 27.3. The minimum atomic E-state index is -4.63. The Kier molecular flexibility index (Phi) is 10.7. The summed E-state index contributed by atoms with van der Waals surface area (Å²) in [5.41, 5.74) is 0.588. The fourth-order valence-electron chi connectivity index (χ4n) is 2.65. The van der Waals surface area contributed by atoms with Crippen LogP contribution in [0.4, 0.5) is 0 Å². The number of rotatable bonds is 5. The van der Waals surface area contributed by atoms with Gasteiger partial charge in [-0.25, -0.2) is 0 Å². The van der Waals surface area contributed by atoms with Crippen molar-refractivity contribution in [3.63, 3.8) is 0 Å². The van der Waals surface area contributed by atoms with Crippen LogP contribution in [0, 0.1) is 0 Å². The molecule has 0 heterocycles. The smallest absolute Gasteiger partial charge is 0.687 e. The largest absolute Gasteiger partial charge is 1.00 e. The van der Waals surface area contributed by atoms with Gasteiger partial charge in [0, 0.05) is 0 Å². The van der Waals surface area contributed by atoms with Crippen LogP contribution in [0.2, 0.25) is 0 Å². The van der Waals surface area contributed by atoms with E-state index in [4.69, 9.17) is 0 Å². The van der Waals surface area contributed by atoms with Crippen LogP contribution in [-0.2, 0) is 6.16 Å². The van der Waals surface area contributed by atoms with Crippen molar-refractivity contribution < 1.29 is 73.8 Å². The Labute approximate surface area is 200 Å². The first-order valence-corrected chi connectivity index (χ1v) is 10.6. The monoisotopic (exact) mass is 400 g/mol. The molecule has 0 aliphatic heterocycles. The zero-order valence-electron chi connectivity index (χ0n) is 14.9. The molecule has 7 heteroatoms. The molecule has 0 atom stereocenters. The summed E-state index contributed by atoms with van der Waals surface area (Å²) >= 11 is 0. The molecule has 0 unspecified atom stereocenters. The van der Waals surface area contributed by atoms with Gasteiger partial charge in [0.25, 0.3) is 0 Å². The molecule has 0 saturated carbocycles. The van der Waals surface area contributed by atoms with E-state index in [2.05, 4.69) is 0 Å². The van der Waals surface area contributed by atoms with E-state index in [1.807, 2.05) is 72.8 Å². The molecule has 0 aliphatic carbocycles. The predicted octanol–water partition coefficient (Wildman–Crippen LogP) is -5.20. The topological polar surface area (TPSA) is 69.2 Å². The van der Waals surface area contributed by atoms with Crippen molar-refractivity contribution in [3.8, 4) is 0 Å². The van der Waals surface area contributed by atoms with E-state index in [1.54, 1.807) is 12.1 Å². The Morgan fingerprint density at radius 1 is 0.615 bits per heavy atom. The minimum Gasteiger partial charge on any atom is -0.687 e. The molecule has 0 fully saturated rings. The third kappa shape index (κ3) is 6.78. The maximum atomic E-state index is 11.3. The third-order valence-electron chi connectivity index (χ3n) is 3.63. The molecular formula is C19H16Na2O3P2. The zero-order chi connectivity index (χ0) is 17.0. The van der Waals surface area contributed by atoms with Gasteiger partial charge < -0.3 is 14.7 Å². The summed E-state index contributed by atoms with van der Waals surface area (Å²) in [5.74, 6) is 0. The van der Waals surface area contributed by atoms with Crippen LogP contribution in [0.15, 0.2) is 84.9 Å². The van der Waals surface area contributed by atoms with Crippen LogP contribution in [-0.4, -0.2) is 0 Å². The number of benzene rings is 3. The van der Waals surface area contributed by atoms with E-state index < -0.39 is 22.0 Å². The predicted molar refractivity (Wildman–Crippen MR) is 95.8 cm³/mol. The van der Waals surface area contributed by atoms with E-state index in [0.29, 0.717) is 5.56 Å². The van der Waals surface area contributed by atoms with Gasteiger partial charge in [0.2, 0.25) is 0 Å². The molecular weight excluding hydrogens is 384 g/mol. The second kappa shape index (κ2) is 11.4. The summed E-state index contributed by atoms with van der Waals surface area (Å²) in [6.45, 7) is 0. The molecule has 0 saturated heterocycles. The molecule has 0 radical (unpaired) electrons. The molecule has 0 amide bonds. The summed E-state index contributed by atoms with van der Waals surface area (Å²) < 4.78 is 0. The van der Waals surface area contributed by atoms with Gasteiger partial charge in [-0.2, -0.15) is 7.94 Å². The van der Waals surface area contributed by atoms with Gasteiger partial charge in [-0.15, -0.1) is 0 Å². The molecule has 0 aromatic heterocycles. The van der Waals surface area contributed by atoms with Gasteiger partial charge in [-0.05, 0) is 29.4 Å². The summed E-state index contributed by atoms with van der Waals surface area (Å²) in [4.78, 5) is 34.0. The van der Waals surface area contributed by atoms with Crippen molar-refractivity contribution in [2.24, 2.45) is 0 Å². The fraction of sp³-hybridized carbons (Fsp3) is 0.0526. The maximum absolute atomic E-state index is 11.3. The Hall–Kier alpha value is 0.400. The average molecular weight is 400 g/mol. The second-order valence-corrected chi connectivity index (χ2v) is 9.13. The molecule has 26 heavy (non-hydrogen) atoms. The number of hydrogen-bond donors (Lipinski definition) is 0. The van der Waals surface area contributed by atoms with Crippen LogP contribution in [0.1, 0.15) is 5.56 Å². The van der Waals surface area contributed by atoms with Crippen molar-refractivity contribution in [1.82, 2.24) is 0 Å². The molecule has 0 bridgehead atoms. The van der Waals surface area contributed by atoms with E-state index in [0.717, 1.165) is 15.9 Å². The Bertz CT molecular complexity index is 757. The van der Waals surface area contributed by atoms with Crippen molar-refractivity contribution >= 4 is 31.8 Å². The van der Waals surface area contributed by atoms with Gasteiger partial charge in [-0.3, -0.25) is 0 Å². The van der Waals surface area contributed by atoms with E-state index in [1.165, 1.54) is 0 Å². The summed E-state index contributed by atoms with van der Waals surface area (Å²) in [6.07, 6.45) is -0.457. The fourth-order valence-corrected chi connectivity index (χ4v) is 5.94. The number of hydrogen-bond acceptors (Lipinski definition) is 3. The van der Waals surface area contributed by atoms with Crippen LogP contribution in [0.25, 0.3) is 0 Å². The molecule has 3 aromatic carbocycles. The van der Waals surface area contributed by atoms with Gasteiger partial charge in [0.1, 0.15) is 0 Å². The minimum absolute atomic E-state index is 0. The molecule has 3 aromatic rings. The van der Waals surface area contributed by atoms with Crippen molar-refractivity contribution in [1.29, 1.82) is 0 Å². The van der Waals surface area contributed by atoms with Gasteiger partial charge in [0.05, 0.1) is 6.16 Å².